The number of carbonyl (C=O) groups is 1. The predicted molar refractivity (Wildman–Crippen MR) is 90.6 cm³/mol. The smallest absolute Gasteiger partial charge is 0.306 e. The maximum atomic E-state index is 10.9. The van der Waals surface area contributed by atoms with Gasteiger partial charge in [-0.05, 0) is 13.0 Å². The molecule has 0 heterocycles. The minimum absolute atomic E-state index is 0.128. The summed E-state index contributed by atoms with van der Waals surface area (Å²) in [5, 5.41) is 3.29. The molecule has 0 saturated carbocycles. The summed E-state index contributed by atoms with van der Waals surface area (Å²) in [6, 6.07) is 0. The van der Waals surface area contributed by atoms with E-state index in [0.29, 0.717) is 6.42 Å². The molecule has 0 aromatic heterocycles. The fourth-order valence-electron chi connectivity index (χ4n) is 2.51. The van der Waals surface area contributed by atoms with E-state index in [1.54, 1.807) is 0 Å². The van der Waals surface area contributed by atoms with Gasteiger partial charge in [0.05, 0.1) is 13.5 Å². The summed E-state index contributed by atoms with van der Waals surface area (Å²) in [5.74, 6) is -0.128. The number of esters is 1. The van der Waals surface area contributed by atoms with E-state index in [1.807, 2.05) is 0 Å². The van der Waals surface area contributed by atoms with E-state index in [2.05, 4.69) is 17.0 Å². The molecular formula is C18H37NO2. The molecule has 126 valence electrons. The SMILES string of the molecule is CCCCCCCCCCCCCCNCCC(=O)OC. The van der Waals surface area contributed by atoms with Crippen LogP contribution in [0.5, 0.6) is 0 Å². The van der Waals surface area contributed by atoms with Crippen molar-refractivity contribution < 1.29 is 9.53 Å². The molecule has 0 aromatic rings. The number of methoxy groups -OCH3 is 1. The van der Waals surface area contributed by atoms with E-state index in [9.17, 15) is 4.79 Å². The van der Waals surface area contributed by atoms with Gasteiger partial charge in [-0.25, -0.2) is 0 Å². The number of unbranched alkanes of at least 4 members (excludes halogenated alkanes) is 11. The average Bonchev–Trinajstić information content (AvgIpc) is 2.50. The quantitative estimate of drug-likeness (QED) is 0.327. The number of ether oxygens (including phenoxy) is 1. The largest absolute Gasteiger partial charge is 0.469 e. The minimum Gasteiger partial charge on any atom is -0.469 e. The highest BCUT2D eigenvalue weighted by atomic mass is 16.5. The van der Waals surface area contributed by atoms with E-state index in [-0.39, 0.29) is 5.97 Å². The van der Waals surface area contributed by atoms with E-state index in [4.69, 9.17) is 0 Å². The summed E-state index contributed by atoms with van der Waals surface area (Å²) in [7, 11) is 1.44. The third kappa shape index (κ3) is 17.4. The van der Waals surface area contributed by atoms with Crippen LogP contribution in [0.25, 0.3) is 0 Å². The third-order valence-corrected chi connectivity index (χ3v) is 3.94. The highest BCUT2D eigenvalue weighted by Gasteiger charge is 1.98. The van der Waals surface area contributed by atoms with Crippen molar-refractivity contribution in [3.05, 3.63) is 0 Å². The first-order valence-electron chi connectivity index (χ1n) is 9.08. The number of nitrogens with one attached hydrogen (secondary N) is 1. The third-order valence-electron chi connectivity index (χ3n) is 3.94. The lowest BCUT2D eigenvalue weighted by molar-refractivity contribution is -0.140. The Balaban J connectivity index is 2.98. The van der Waals surface area contributed by atoms with Crippen LogP contribution >= 0.6 is 0 Å². The molecule has 0 unspecified atom stereocenters. The first-order chi connectivity index (χ1) is 10.3. The summed E-state index contributed by atoms with van der Waals surface area (Å²) in [4.78, 5) is 10.9. The molecule has 0 aromatic carbocycles. The summed E-state index contributed by atoms with van der Waals surface area (Å²) < 4.78 is 4.59. The van der Waals surface area contributed by atoms with Crippen molar-refractivity contribution >= 4 is 5.97 Å². The van der Waals surface area contributed by atoms with Crippen molar-refractivity contribution in [2.45, 2.75) is 90.4 Å². The van der Waals surface area contributed by atoms with Gasteiger partial charge in [0.1, 0.15) is 0 Å². The van der Waals surface area contributed by atoms with Crippen molar-refractivity contribution in [3.63, 3.8) is 0 Å². The first kappa shape index (κ1) is 20.4. The molecule has 3 heteroatoms. The van der Waals surface area contributed by atoms with Gasteiger partial charge in [-0.1, -0.05) is 77.6 Å². The molecule has 0 bridgehead atoms. The van der Waals surface area contributed by atoms with Crippen LogP contribution in [0.4, 0.5) is 0 Å². The van der Waals surface area contributed by atoms with Gasteiger partial charge in [0.15, 0.2) is 0 Å². The second kappa shape index (κ2) is 17.5. The van der Waals surface area contributed by atoms with E-state index in [0.717, 1.165) is 13.1 Å². The maximum Gasteiger partial charge on any atom is 0.306 e. The summed E-state index contributed by atoms with van der Waals surface area (Å²) in [6.45, 7) is 4.04. The molecule has 0 spiro atoms. The van der Waals surface area contributed by atoms with E-state index in [1.165, 1.54) is 84.2 Å². The van der Waals surface area contributed by atoms with Crippen LogP contribution in [0.3, 0.4) is 0 Å². The van der Waals surface area contributed by atoms with Gasteiger partial charge in [0.2, 0.25) is 0 Å². The molecule has 3 nitrogen and oxygen atoms in total. The lowest BCUT2D eigenvalue weighted by Gasteiger charge is -2.04. The Labute approximate surface area is 132 Å². The lowest BCUT2D eigenvalue weighted by atomic mass is 10.1. The van der Waals surface area contributed by atoms with E-state index < -0.39 is 0 Å². The second-order valence-corrected chi connectivity index (χ2v) is 5.97. The Morgan fingerprint density at radius 3 is 1.71 bits per heavy atom. The van der Waals surface area contributed by atoms with Gasteiger partial charge < -0.3 is 10.1 Å². The molecule has 0 aliphatic carbocycles. The Kier molecular flexibility index (Phi) is 17.0. The summed E-state index contributed by atoms with van der Waals surface area (Å²) in [6.07, 6.45) is 17.1. The van der Waals surface area contributed by atoms with Crippen LogP contribution in [0.2, 0.25) is 0 Å². The summed E-state index contributed by atoms with van der Waals surface area (Å²) in [5.41, 5.74) is 0. The van der Waals surface area contributed by atoms with Crippen LogP contribution in [-0.4, -0.2) is 26.2 Å². The Morgan fingerprint density at radius 2 is 1.24 bits per heavy atom. The molecule has 0 atom stereocenters. The molecule has 0 radical (unpaired) electrons. The van der Waals surface area contributed by atoms with Crippen LogP contribution in [-0.2, 0) is 9.53 Å². The van der Waals surface area contributed by atoms with Crippen LogP contribution < -0.4 is 5.32 Å². The van der Waals surface area contributed by atoms with Crippen molar-refractivity contribution in [2.75, 3.05) is 20.2 Å². The Bertz CT molecular complexity index is 219. The zero-order valence-corrected chi connectivity index (χ0v) is 14.4. The van der Waals surface area contributed by atoms with Crippen molar-refractivity contribution in [1.82, 2.24) is 5.32 Å². The monoisotopic (exact) mass is 299 g/mol. The van der Waals surface area contributed by atoms with Crippen molar-refractivity contribution in [1.29, 1.82) is 0 Å². The molecule has 0 aliphatic rings. The summed E-state index contributed by atoms with van der Waals surface area (Å²) >= 11 is 0. The molecule has 1 N–H and O–H groups in total. The molecule has 21 heavy (non-hydrogen) atoms. The average molecular weight is 299 g/mol. The van der Waals surface area contributed by atoms with Crippen LogP contribution in [0.15, 0.2) is 0 Å². The molecule has 0 saturated heterocycles. The van der Waals surface area contributed by atoms with Gasteiger partial charge in [-0.3, -0.25) is 4.79 Å². The standard InChI is InChI=1S/C18H37NO2/c1-3-4-5-6-7-8-9-10-11-12-13-14-16-19-17-15-18(20)21-2/h19H,3-17H2,1-2H3. The highest BCUT2D eigenvalue weighted by Crippen LogP contribution is 2.11. The number of hydrogen-bond donors (Lipinski definition) is 1. The second-order valence-electron chi connectivity index (χ2n) is 5.97. The van der Waals surface area contributed by atoms with Gasteiger partial charge in [0, 0.05) is 6.54 Å². The zero-order chi connectivity index (χ0) is 15.6. The van der Waals surface area contributed by atoms with Gasteiger partial charge in [-0.2, -0.15) is 0 Å². The van der Waals surface area contributed by atoms with Crippen LogP contribution in [0.1, 0.15) is 90.4 Å². The Hall–Kier alpha value is -0.570. The fraction of sp³-hybridized carbons (Fsp3) is 0.944. The van der Waals surface area contributed by atoms with E-state index >= 15 is 0 Å². The van der Waals surface area contributed by atoms with Crippen molar-refractivity contribution in [2.24, 2.45) is 0 Å². The molecule has 0 aliphatic heterocycles. The van der Waals surface area contributed by atoms with Crippen LogP contribution in [0, 0.1) is 0 Å². The zero-order valence-electron chi connectivity index (χ0n) is 14.4. The molecule has 0 rings (SSSR count). The lowest BCUT2D eigenvalue weighted by Crippen LogP contribution is -2.19. The van der Waals surface area contributed by atoms with Gasteiger partial charge >= 0.3 is 5.97 Å². The molecule has 0 amide bonds. The highest BCUT2D eigenvalue weighted by molar-refractivity contribution is 5.69. The number of rotatable bonds is 16. The fourth-order valence-corrected chi connectivity index (χ4v) is 2.51. The first-order valence-corrected chi connectivity index (χ1v) is 9.08. The Morgan fingerprint density at radius 1 is 0.762 bits per heavy atom. The number of hydrogen-bond acceptors (Lipinski definition) is 3. The number of carbonyl (C=O) groups excluding carboxylic acids is 1. The predicted octanol–water partition coefficient (Wildman–Crippen LogP) is 4.84. The normalized spacial score (nSPS) is 10.8. The topological polar surface area (TPSA) is 38.3 Å². The molecule has 0 fully saturated rings. The van der Waals surface area contributed by atoms with Gasteiger partial charge in [0.25, 0.3) is 0 Å². The van der Waals surface area contributed by atoms with Gasteiger partial charge in [-0.15, -0.1) is 0 Å². The minimum atomic E-state index is -0.128. The maximum absolute atomic E-state index is 10.9. The van der Waals surface area contributed by atoms with Crippen molar-refractivity contribution in [3.8, 4) is 0 Å². The molecular weight excluding hydrogens is 262 g/mol.